The number of aliphatic hydroxyl groups is 4. The first-order valence-electron chi connectivity index (χ1n) is 14.5. The molecule has 1 fully saturated rings. The van der Waals surface area contributed by atoms with Gasteiger partial charge in [-0.3, -0.25) is 0 Å². The Balaban J connectivity index is 0.000000361. The van der Waals surface area contributed by atoms with E-state index in [1.165, 1.54) is 45.7 Å². The Morgan fingerprint density at radius 3 is 1.02 bits per heavy atom. The molecule has 0 aliphatic heterocycles. The summed E-state index contributed by atoms with van der Waals surface area (Å²) in [6.45, 7) is 2.56. The molecular formula is C38H42FeO4P2Ru-4. The average molecular weight is 782 g/mol. The minimum Gasteiger partial charge on any atom is -0.694 e. The van der Waals surface area contributed by atoms with E-state index >= 15 is 0 Å². The van der Waals surface area contributed by atoms with Crippen molar-refractivity contribution in [2.45, 2.75) is 26.4 Å². The van der Waals surface area contributed by atoms with Crippen molar-refractivity contribution >= 4 is 46.9 Å². The first-order valence-corrected chi connectivity index (χ1v) is 17.5. The van der Waals surface area contributed by atoms with Crippen molar-refractivity contribution in [3.05, 3.63) is 171 Å². The van der Waals surface area contributed by atoms with Gasteiger partial charge in [-0.05, 0) is 40.4 Å². The third-order valence-electron chi connectivity index (χ3n) is 6.15. The number of benzene rings is 4. The molecule has 2 aliphatic carbocycles. The van der Waals surface area contributed by atoms with E-state index in [0.717, 1.165) is 0 Å². The van der Waals surface area contributed by atoms with Gasteiger partial charge in [0.2, 0.25) is 0 Å². The van der Waals surface area contributed by atoms with Gasteiger partial charge in [0.1, 0.15) is 12.6 Å². The van der Waals surface area contributed by atoms with Crippen molar-refractivity contribution in [2.75, 3.05) is 0 Å². The van der Waals surface area contributed by atoms with Crippen molar-refractivity contribution in [3.63, 3.8) is 0 Å². The molecule has 0 bridgehead atoms. The summed E-state index contributed by atoms with van der Waals surface area (Å²) < 4.78 is 0. The number of allylic oxidation sites excluding steroid dienone is 4. The van der Waals surface area contributed by atoms with E-state index in [1.54, 1.807) is 0 Å². The smallest absolute Gasteiger partial charge is 0.148 e. The Bertz CT molecular complexity index is 1390. The van der Waals surface area contributed by atoms with Gasteiger partial charge in [0.05, 0.1) is 0 Å². The molecule has 0 unspecified atom stereocenters. The Labute approximate surface area is 300 Å². The normalized spacial score (nSPS) is 12.8. The number of rotatable bonds is 4. The fourth-order valence-corrected chi connectivity index (χ4v) is 9.66. The quantitative estimate of drug-likeness (QED) is 0.106. The topological polar surface area (TPSA) is 80.9 Å². The van der Waals surface area contributed by atoms with Crippen LogP contribution in [0.4, 0.5) is 0 Å². The van der Waals surface area contributed by atoms with Gasteiger partial charge in [-0.2, -0.15) is 0 Å². The summed E-state index contributed by atoms with van der Waals surface area (Å²) in [6, 6.07) is 43.3. The van der Waals surface area contributed by atoms with Gasteiger partial charge >= 0.3 is 0 Å². The van der Waals surface area contributed by atoms with Crippen molar-refractivity contribution in [2.24, 2.45) is 0 Å². The third kappa shape index (κ3) is 15.2. The number of hydrogen-bond acceptors (Lipinski definition) is 4. The Morgan fingerprint density at radius 2 is 0.739 bits per heavy atom. The van der Waals surface area contributed by atoms with Crippen LogP contribution in [0.3, 0.4) is 0 Å². The average Bonchev–Trinajstić information content (AvgIpc) is 3.75. The molecule has 4 aromatic rings. The molecule has 248 valence electrons. The van der Waals surface area contributed by atoms with Gasteiger partial charge in [-0.15, -0.1) is 7.55 Å². The molecule has 2 aliphatic rings. The maximum atomic E-state index is 7.61. The molecule has 0 heterocycles. The summed E-state index contributed by atoms with van der Waals surface area (Å²) >= 11 is 0. The fraction of sp³-hybridized carbons (Fsp3) is 0.105. The van der Waals surface area contributed by atoms with E-state index in [4.69, 9.17) is 20.4 Å². The van der Waals surface area contributed by atoms with E-state index in [9.17, 15) is 0 Å². The molecule has 4 N–H and O–H groups in total. The second-order valence-corrected chi connectivity index (χ2v) is 14.8. The molecule has 4 aromatic carbocycles. The standard InChI is InChI=1S/2C17H15P.2C2H6O2.Fe.Ru/c2*1-3-9-15(10-4-1)18(17-13-7-8-14-17)16-11-5-2-6-12-16;2*1-2(3)4;;/h2*1-14,18H;2*2-4H,1H3;;/q;-4;;;;. The van der Waals surface area contributed by atoms with Crippen LogP contribution in [0.25, 0.3) is 0 Å². The second-order valence-electron chi connectivity index (χ2n) is 9.82. The van der Waals surface area contributed by atoms with Crippen LogP contribution in [0.2, 0.25) is 0 Å². The van der Waals surface area contributed by atoms with Crippen molar-refractivity contribution in [1.82, 2.24) is 0 Å². The molecule has 1 saturated carbocycles. The molecule has 6 rings (SSSR count). The molecule has 0 aromatic heterocycles. The predicted molar refractivity (Wildman–Crippen MR) is 194 cm³/mol. The molecule has 0 atom stereocenters. The molecule has 4 nitrogen and oxygen atoms in total. The maximum Gasteiger partial charge on any atom is 0.148 e. The minimum absolute atomic E-state index is 0. The number of hydrogen-bond donors (Lipinski definition) is 4. The van der Waals surface area contributed by atoms with Gasteiger partial charge in [-0.1, -0.05) is 153 Å². The molecule has 0 saturated heterocycles. The van der Waals surface area contributed by atoms with Crippen LogP contribution in [0, 0.1) is 25.7 Å². The van der Waals surface area contributed by atoms with Crippen LogP contribution in [0.15, 0.2) is 146 Å². The van der Waals surface area contributed by atoms with Crippen LogP contribution in [0.5, 0.6) is 0 Å². The van der Waals surface area contributed by atoms with Crippen LogP contribution >= 0.6 is 15.1 Å². The van der Waals surface area contributed by atoms with Crippen LogP contribution in [-0.4, -0.2) is 43.6 Å². The largest absolute Gasteiger partial charge is 0.694 e. The first-order chi connectivity index (χ1) is 21.4. The van der Waals surface area contributed by atoms with Crippen molar-refractivity contribution in [3.8, 4) is 0 Å². The Morgan fingerprint density at radius 1 is 0.478 bits per heavy atom. The predicted octanol–water partition coefficient (Wildman–Crippen LogP) is 4.63. The minimum atomic E-state index is -1.17. The molecule has 0 amide bonds. The molecular weight excluding hydrogens is 739 g/mol. The molecule has 46 heavy (non-hydrogen) atoms. The van der Waals surface area contributed by atoms with Gasteiger partial charge in [0.25, 0.3) is 0 Å². The summed E-state index contributed by atoms with van der Waals surface area (Å²) in [5.74, 6) is 0. The van der Waals surface area contributed by atoms with Gasteiger partial charge in [0.15, 0.2) is 0 Å². The molecule has 0 radical (unpaired) electrons. The zero-order valence-electron chi connectivity index (χ0n) is 25.8. The monoisotopic (exact) mass is 782 g/mol. The summed E-state index contributed by atoms with van der Waals surface area (Å²) in [4.78, 5) is 0. The Kier molecular flexibility index (Phi) is 22.0. The summed E-state index contributed by atoms with van der Waals surface area (Å²) in [6.07, 6.45) is 15.2. The van der Waals surface area contributed by atoms with E-state index in [0.29, 0.717) is 0 Å². The van der Waals surface area contributed by atoms with Crippen molar-refractivity contribution in [1.29, 1.82) is 0 Å². The van der Waals surface area contributed by atoms with Crippen LogP contribution < -0.4 is 21.2 Å². The summed E-state index contributed by atoms with van der Waals surface area (Å²) in [7, 11) is -1.67. The summed E-state index contributed by atoms with van der Waals surface area (Å²) in [5.41, 5.74) is 0. The van der Waals surface area contributed by atoms with Gasteiger partial charge < -0.3 is 51.4 Å². The fourth-order valence-electron chi connectivity index (χ4n) is 4.50. The van der Waals surface area contributed by atoms with Crippen LogP contribution in [-0.2, 0) is 36.5 Å². The number of aliphatic hydroxyl groups excluding tert-OH is 2. The molecule has 8 heteroatoms. The summed E-state index contributed by atoms with van der Waals surface area (Å²) in [5, 5.41) is 39.1. The van der Waals surface area contributed by atoms with Crippen molar-refractivity contribution < 1.29 is 57.0 Å². The third-order valence-corrected chi connectivity index (χ3v) is 11.6. The van der Waals surface area contributed by atoms with E-state index in [1.807, 2.05) is 0 Å². The van der Waals surface area contributed by atoms with Gasteiger partial charge in [0, 0.05) is 36.5 Å². The van der Waals surface area contributed by atoms with E-state index in [2.05, 4.69) is 171 Å². The molecule has 0 spiro atoms. The maximum absolute atomic E-state index is 7.61. The zero-order chi connectivity index (χ0) is 31.6. The van der Waals surface area contributed by atoms with E-state index < -0.39 is 27.7 Å². The Hall–Kier alpha value is -2.06. The first kappa shape index (κ1) is 42.0. The van der Waals surface area contributed by atoms with E-state index in [-0.39, 0.29) is 36.5 Å². The zero-order valence-corrected chi connectivity index (χ0v) is 30.7. The van der Waals surface area contributed by atoms with Gasteiger partial charge in [-0.25, -0.2) is 0 Å². The SMILES string of the molecule is C1=CC(=[PH](c2ccccc2)c2ccccc2)C=C1.CC(O)O.CC(O)O.[Fe].[Ru].c1ccc([PH](=C2[CH-][CH-][CH-][CH-]2)c2ccccc2)cc1. The van der Waals surface area contributed by atoms with Crippen LogP contribution in [0.1, 0.15) is 13.8 Å². The second kappa shape index (κ2) is 24.1.